The van der Waals surface area contributed by atoms with Crippen LogP contribution in [-0.2, 0) is 6.42 Å². The second kappa shape index (κ2) is 4.81. The van der Waals surface area contributed by atoms with Gasteiger partial charge in [-0.1, -0.05) is 64.8 Å². The molecular weight excluding hydrogens is 272 g/mol. The third-order valence-electron chi connectivity index (χ3n) is 3.91. The summed E-state index contributed by atoms with van der Waals surface area (Å²) in [6.45, 7) is 0. The molecule has 0 N–H and O–H groups in total. The average Bonchev–Trinajstić information content (AvgIpc) is 2.26. The molecule has 3 rings (SSSR count). The quantitative estimate of drug-likeness (QED) is 0.702. The van der Waals surface area contributed by atoms with Gasteiger partial charge in [-0.3, -0.25) is 0 Å². The van der Waals surface area contributed by atoms with Crippen molar-refractivity contribution in [3.8, 4) is 0 Å². The number of rotatable bonds is 3. The first kappa shape index (κ1) is 11.3. The minimum absolute atomic E-state index is 0.664. The highest BCUT2D eigenvalue weighted by Crippen LogP contribution is 2.35. The van der Waals surface area contributed by atoms with E-state index in [1.54, 1.807) is 0 Å². The van der Waals surface area contributed by atoms with Gasteiger partial charge in [0.25, 0.3) is 0 Å². The van der Waals surface area contributed by atoms with Gasteiger partial charge in [0.1, 0.15) is 0 Å². The van der Waals surface area contributed by atoms with Gasteiger partial charge in [-0.25, -0.2) is 0 Å². The SMILES string of the molecule is BrC(Cc1ccc2ccccc2c1)C1CCC1. The van der Waals surface area contributed by atoms with E-state index in [1.165, 1.54) is 35.6 Å². The summed E-state index contributed by atoms with van der Waals surface area (Å²) >= 11 is 3.86. The van der Waals surface area contributed by atoms with Gasteiger partial charge in [-0.05, 0) is 41.5 Å². The molecule has 1 aliphatic rings. The van der Waals surface area contributed by atoms with Crippen LogP contribution in [0.3, 0.4) is 0 Å². The Morgan fingerprint density at radius 1 is 1.06 bits per heavy atom. The zero-order chi connectivity index (χ0) is 11.7. The van der Waals surface area contributed by atoms with Gasteiger partial charge in [-0.15, -0.1) is 0 Å². The first-order chi connectivity index (χ1) is 8.33. The second-order valence-electron chi connectivity index (χ2n) is 5.09. The van der Waals surface area contributed by atoms with Crippen molar-refractivity contribution >= 4 is 26.7 Å². The molecule has 1 unspecified atom stereocenters. The molecule has 1 heteroatoms. The molecule has 1 fully saturated rings. The number of hydrogen-bond donors (Lipinski definition) is 0. The third kappa shape index (κ3) is 2.40. The molecule has 1 atom stereocenters. The van der Waals surface area contributed by atoms with Crippen molar-refractivity contribution in [3.05, 3.63) is 48.0 Å². The fourth-order valence-corrected chi connectivity index (χ4v) is 3.46. The highest BCUT2D eigenvalue weighted by Gasteiger charge is 2.25. The largest absolute Gasteiger partial charge is 0.0884 e. The van der Waals surface area contributed by atoms with Crippen LogP contribution in [-0.4, -0.2) is 4.83 Å². The Labute approximate surface area is 111 Å². The van der Waals surface area contributed by atoms with Crippen molar-refractivity contribution in [2.75, 3.05) is 0 Å². The van der Waals surface area contributed by atoms with E-state index in [-0.39, 0.29) is 0 Å². The molecule has 2 aromatic carbocycles. The summed E-state index contributed by atoms with van der Waals surface area (Å²) in [5, 5.41) is 2.70. The van der Waals surface area contributed by atoms with Gasteiger partial charge in [0.2, 0.25) is 0 Å². The van der Waals surface area contributed by atoms with Crippen LogP contribution in [0.2, 0.25) is 0 Å². The van der Waals surface area contributed by atoms with E-state index in [1.807, 2.05) is 0 Å². The van der Waals surface area contributed by atoms with Crippen LogP contribution in [0, 0.1) is 5.92 Å². The van der Waals surface area contributed by atoms with Crippen molar-refractivity contribution < 1.29 is 0 Å². The summed E-state index contributed by atoms with van der Waals surface area (Å²) in [6.07, 6.45) is 5.40. The third-order valence-corrected chi connectivity index (χ3v) is 4.98. The Bertz CT molecular complexity index is 514. The molecule has 0 bridgehead atoms. The monoisotopic (exact) mass is 288 g/mol. The van der Waals surface area contributed by atoms with Crippen molar-refractivity contribution in [1.82, 2.24) is 0 Å². The van der Waals surface area contributed by atoms with Gasteiger partial charge in [0.15, 0.2) is 0 Å². The molecule has 88 valence electrons. The molecule has 0 aliphatic heterocycles. The lowest BCUT2D eigenvalue weighted by Gasteiger charge is -2.30. The summed E-state index contributed by atoms with van der Waals surface area (Å²) in [5.74, 6) is 0.904. The Hall–Kier alpha value is -0.820. The van der Waals surface area contributed by atoms with Gasteiger partial charge in [0, 0.05) is 4.83 Å². The summed E-state index contributed by atoms with van der Waals surface area (Å²) in [6, 6.07) is 15.4. The lowest BCUT2D eigenvalue weighted by atomic mass is 9.81. The maximum absolute atomic E-state index is 3.86. The normalized spacial score (nSPS) is 17.9. The Morgan fingerprint density at radius 3 is 2.53 bits per heavy atom. The fourth-order valence-electron chi connectivity index (χ4n) is 2.56. The van der Waals surface area contributed by atoms with E-state index in [0.29, 0.717) is 4.83 Å². The number of fused-ring (bicyclic) bond motifs is 1. The zero-order valence-electron chi connectivity index (χ0n) is 9.90. The summed E-state index contributed by atoms with van der Waals surface area (Å²) in [5.41, 5.74) is 1.46. The van der Waals surface area contributed by atoms with E-state index in [4.69, 9.17) is 0 Å². The molecule has 17 heavy (non-hydrogen) atoms. The van der Waals surface area contributed by atoms with Gasteiger partial charge < -0.3 is 0 Å². The van der Waals surface area contributed by atoms with Crippen LogP contribution in [0.15, 0.2) is 42.5 Å². The van der Waals surface area contributed by atoms with E-state index in [0.717, 1.165) is 12.3 Å². The molecule has 0 amide bonds. The Balaban J connectivity index is 1.80. The molecule has 0 radical (unpaired) electrons. The summed E-state index contributed by atoms with van der Waals surface area (Å²) in [4.78, 5) is 0.664. The minimum atomic E-state index is 0.664. The van der Waals surface area contributed by atoms with E-state index < -0.39 is 0 Å². The maximum Gasteiger partial charge on any atom is 0.0214 e. The fraction of sp³-hybridized carbons (Fsp3) is 0.375. The van der Waals surface area contributed by atoms with Gasteiger partial charge in [-0.2, -0.15) is 0 Å². The molecule has 0 nitrogen and oxygen atoms in total. The first-order valence-corrected chi connectivity index (χ1v) is 7.36. The predicted octanol–water partition coefficient (Wildman–Crippen LogP) is 4.95. The summed E-state index contributed by atoms with van der Waals surface area (Å²) < 4.78 is 0. The Morgan fingerprint density at radius 2 is 1.82 bits per heavy atom. The molecule has 1 saturated carbocycles. The first-order valence-electron chi connectivity index (χ1n) is 6.45. The highest BCUT2D eigenvalue weighted by atomic mass is 79.9. The van der Waals surface area contributed by atoms with Crippen molar-refractivity contribution in [2.45, 2.75) is 30.5 Å². The number of benzene rings is 2. The maximum atomic E-state index is 3.86. The Kier molecular flexibility index (Phi) is 3.19. The number of halogens is 1. The van der Waals surface area contributed by atoms with Crippen molar-refractivity contribution in [1.29, 1.82) is 0 Å². The molecule has 2 aromatic rings. The van der Waals surface area contributed by atoms with E-state index >= 15 is 0 Å². The number of hydrogen-bond acceptors (Lipinski definition) is 0. The molecule has 0 saturated heterocycles. The van der Waals surface area contributed by atoms with Gasteiger partial charge in [0.05, 0.1) is 0 Å². The minimum Gasteiger partial charge on any atom is -0.0884 e. The highest BCUT2D eigenvalue weighted by molar-refractivity contribution is 9.09. The van der Waals surface area contributed by atoms with Gasteiger partial charge >= 0.3 is 0 Å². The van der Waals surface area contributed by atoms with Crippen molar-refractivity contribution in [3.63, 3.8) is 0 Å². The lowest BCUT2D eigenvalue weighted by Crippen LogP contribution is -2.23. The van der Waals surface area contributed by atoms with Crippen LogP contribution in [0.5, 0.6) is 0 Å². The average molecular weight is 289 g/mol. The molecular formula is C16H17Br. The smallest absolute Gasteiger partial charge is 0.0214 e. The second-order valence-corrected chi connectivity index (χ2v) is 6.27. The predicted molar refractivity (Wildman–Crippen MR) is 77.7 cm³/mol. The van der Waals surface area contributed by atoms with Crippen LogP contribution < -0.4 is 0 Å². The summed E-state index contributed by atoms with van der Waals surface area (Å²) in [7, 11) is 0. The van der Waals surface area contributed by atoms with Crippen LogP contribution in [0.1, 0.15) is 24.8 Å². The van der Waals surface area contributed by atoms with Crippen LogP contribution in [0.4, 0.5) is 0 Å². The topological polar surface area (TPSA) is 0 Å². The zero-order valence-corrected chi connectivity index (χ0v) is 11.5. The molecule has 1 aliphatic carbocycles. The van der Waals surface area contributed by atoms with Crippen LogP contribution in [0.25, 0.3) is 10.8 Å². The number of alkyl halides is 1. The lowest BCUT2D eigenvalue weighted by molar-refractivity contribution is 0.308. The molecule has 0 spiro atoms. The van der Waals surface area contributed by atoms with E-state index in [9.17, 15) is 0 Å². The standard InChI is InChI=1S/C16H17Br/c17-16(14-6-3-7-14)11-12-8-9-13-4-1-2-5-15(13)10-12/h1-2,4-5,8-10,14,16H,3,6-7,11H2. The van der Waals surface area contributed by atoms with E-state index in [2.05, 4.69) is 58.4 Å². The van der Waals surface area contributed by atoms with Crippen LogP contribution >= 0.6 is 15.9 Å². The molecule has 0 heterocycles. The molecule has 0 aromatic heterocycles. The van der Waals surface area contributed by atoms with Crippen molar-refractivity contribution in [2.24, 2.45) is 5.92 Å².